The van der Waals surface area contributed by atoms with Crippen LogP contribution in [0.4, 0.5) is 11.4 Å². The number of nitro groups is 1. The highest BCUT2D eigenvalue weighted by Gasteiger charge is 2.16. The van der Waals surface area contributed by atoms with E-state index < -0.39 is 10.9 Å². The number of carboxylic acids is 1. The molecule has 0 aliphatic heterocycles. The van der Waals surface area contributed by atoms with Crippen molar-refractivity contribution in [2.45, 2.75) is 9.79 Å². The molecule has 0 saturated heterocycles. The van der Waals surface area contributed by atoms with Gasteiger partial charge in [-0.05, 0) is 18.2 Å². The molecule has 0 fully saturated rings. The molecule has 0 bridgehead atoms. The number of benzene rings is 2. The largest absolute Gasteiger partial charge is 0.478 e. The van der Waals surface area contributed by atoms with Gasteiger partial charge in [-0.15, -0.1) is 0 Å². The Hall–Kier alpha value is -2.54. The maximum atomic E-state index is 11.2. The Labute approximate surface area is 118 Å². The van der Waals surface area contributed by atoms with E-state index in [0.29, 0.717) is 10.6 Å². The Bertz CT molecular complexity index is 688. The average molecular weight is 290 g/mol. The molecule has 0 aliphatic carbocycles. The van der Waals surface area contributed by atoms with E-state index in [1.807, 2.05) is 0 Å². The van der Waals surface area contributed by atoms with Crippen molar-refractivity contribution in [3.63, 3.8) is 0 Å². The quantitative estimate of drug-likeness (QED) is 0.509. The van der Waals surface area contributed by atoms with Gasteiger partial charge >= 0.3 is 5.97 Å². The van der Waals surface area contributed by atoms with Crippen molar-refractivity contribution in [1.29, 1.82) is 0 Å². The first-order valence-corrected chi connectivity index (χ1v) is 6.35. The molecule has 0 saturated carbocycles. The zero-order chi connectivity index (χ0) is 14.7. The van der Waals surface area contributed by atoms with Crippen LogP contribution in [0.5, 0.6) is 0 Å². The molecule has 2 aromatic rings. The number of non-ortho nitro benzene ring substituents is 1. The van der Waals surface area contributed by atoms with Crippen molar-refractivity contribution in [2.24, 2.45) is 0 Å². The Balaban J connectivity index is 2.48. The van der Waals surface area contributed by atoms with Crippen LogP contribution in [0.1, 0.15) is 10.4 Å². The molecule has 0 aliphatic rings. The second kappa shape index (κ2) is 5.62. The lowest BCUT2D eigenvalue weighted by Gasteiger charge is -2.07. The van der Waals surface area contributed by atoms with Gasteiger partial charge in [0.1, 0.15) is 0 Å². The summed E-state index contributed by atoms with van der Waals surface area (Å²) in [5, 5.41) is 19.9. The Morgan fingerprint density at radius 2 is 1.90 bits per heavy atom. The molecule has 102 valence electrons. The molecular weight excluding hydrogens is 280 g/mol. The molecule has 3 N–H and O–H groups in total. The SMILES string of the molecule is Nc1ccccc1Sc1cc([N+](=O)[O-])ccc1C(=O)O. The Morgan fingerprint density at radius 1 is 1.20 bits per heavy atom. The van der Waals surface area contributed by atoms with E-state index in [1.165, 1.54) is 18.2 Å². The summed E-state index contributed by atoms with van der Waals surface area (Å²) >= 11 is 1.09. The van der Waals surface area contributed by atoms with Crippen LogP contribution in [0.25, 0.3) is 0 Å². The predicted molar refractivity (Wildman–Crippen MR) is 75.0 cm³/mol. The van der Waals surface area contributed by atoms with Gasteiger partial charge in [0.2, 0.25) is 0 Å². The monoisotopic (exact) mass is 290 g/mol. The van der Waals surface area contributed by atoms with E-state index in [0.717, 1.165) is 11.8 Å². The number of para-hydroxylation sites is 1. The number of anilines is 1. The summed E-state index contributed by atoms with van der Waals surface area (Å²) < 4.78 is 0. The van der Waals surface area contributed by atoms with Gasteiger partial charge in [-0.3, -0.25) is 10.1 Å². The standard InChI is InChI=1S/C13H10N2O4S/c14-10-3-1-2-4-11(10)20-12-7-8(15(18)19)5-6-9(12)13(16)17/h1-7H,14H2,(H,16,17). The number of carbonyl (C=O) groups is 1. The normalized spacial score (nSPS) is 10.2. The Kier molecular flexibility index (Phi) is 3.90. The van der Waals surface area contributed by atoms with Gasteiger partial charge in [0, 0.05) is 27.6 Å². The predicted octanol–water partition coefficient (Wildman–Crippen LogP) is 3.03. The van der Waals surface area contributed by atoms with Crippen LogP contribution in [0.3, 0.4) is 0 Å². The summed E-state index contributed by atoms with van der Waals surface area (Å²) in [6.45, 7) is 0. The first-order valence-electron chi connectivity index (χ1n) is 5.53. The highest BCUT2D eigenvalue weighted by atomic mass is 32.2. The molecule has 0 heterocycles. The van der Waals surface area contributed by atoms with E-state index in [1.54, 1.807) is 24.3 Å². The molecule has 7 heteroatoms. The lowest BCUT2D eigenvalue weighted by atomic mass is 10.2. The molecule has 0 unspecified atom stereocenters. The van der Waals surface area contributed by atoms with E-state index >= 15 is 0 Å². The van der Waals surface area contributed by atoms with Gasteiger partial charge in [-0.25, -0.2) is 4.79 Å². The van der Waals surface area contributed by atoms with E-state index in [-0.39, 0.29) is 16.1 Å². The summed E-state index contributed by atoms with van der Waals surface area (Å²) in [4.78, 5) is 22.3. The molecule has 0 amide bonds. The van der Waals surface area contributed by atoms with Gasteiger partial charge in [-0.1, -0.05) is 23.9 Å². The lowest BCUT2D eigenvalue weighted by molar-refractivity contribution is -0.385. The van der Waals surface area contributed by atoms with Crippen LogP contribution in [0.2, 0.25) is 0 Å². The molecule has 0 radical (unpaired) electrons. The maximum Gasteiger partial charge on any atom is 0.336 e. The summed E-state index contributed by atoms with van der Waals surface area (Å²) in [7, 11) is 0. The minimum atomic E-state index is -1.14. The van der Waals surface area contributed by atoms with Crippen molar-refractivity contribution < 1.29 is 14.8 Å². The number of rotatable bonds is 4. The molecule has 2 rings (SSSR count). The third kappa shape index (κ3) is 2.89. The highest BCUT2D eigenvalue weighted by molar-refractivity contribution is 7.99. The van der Waals surface area contributed by atoms with E-state index in [9.17, 15) is 14.9 Å². The minimum absolute atomic E-state index is 0.00357. The molecule has 2 aromatic carbocycles. The van der Waals surface area contributed by atoms with Crippen molar-refractivity contribution in [1.82, 2.24) is 0 Å². The molecule has 0 aromatic heterocycles. The molecule has 0 atom stereocenters. The number of nitrogens with two attached hydrogens (primary N) is 1. The maximum absolute atomic E-state index is 11.2. The van der Waals surface area contributed by atoms with Crippen LogP contribution in [-0.4, -0.2) is 16.0 Å². The fourth-order valence-corrected chi connectivity index (χ4v) is 2.59. The molecule has 6 nitrogen and oxygen atoms in total. The third-order valence-corrected chi connectivity index (χ3v) is 3.69. The summed E-state index contributed by atoms with van der Waals surface area (Å²) in [5.41, 5.74) is 6.12. The number of nitrogen functional groups attached to an aromatic ring is 1. The number of hydrogen-bond acceptors (Lipinski definition) is 5. The molecular formula is C13H10N2O4S. The molecule has 0 spiro atoms. The Morgan fingerprint density at radius 3 is 2.50 bits per heavy atom. The van der Waals surface area contributed by atoms with Gasteiger partial charge in [-0.2, -0.15) is 0 Å². The van der Waals surface area contributed by atoms with Gasteiger partial charge in [0.25, 0.3) is 5.69 Å². The lowest BCUT2D eigenvalue weighted by Crippen LogP contribution is -2.00. The number of aromatic carboxylic acids is 1. The van der Waals surface area contributed by atoms with Crippen LogP contribution < -0.4 is 5.73 Å². The number of nitrogens with zero attached hydrogens (tertiary/aromatic N) is 1. The van der Waals surface area contributed by atoms with Crippen molar-refractivity contribution in [3.05, 3.63) is 58.1 Å². The average Bonchev–Trinajstić information content (AvgIpc) is 2.41. The number of nitro benzene ring substituents is 1. The van der Waals surface area contributed by atoms with Gasteiger partial charge < -0.3 is 10.8 Å². The number of hydrogen-bond donors (Lipinski definition) is 2. The smallest absolute Gasteiger partial charge is 0.336 e. The van der Waals surface area contributed by atoms with Crippen molar-refractivity contribution in [2.75, 3.05) is 5.73 Å². The second-order valence-corrected chi connectivity index (χ2v) is 4.97. The van der Waals surface area contributed by atoms with Gasteiger partial charge in [0.05, 0.1) is 10.5 Å². The van der Waals surface area contributed by atoms with Crippen molar-refractivity contribution >= 4 is 29.1 Å². The zero-order valence-electron chi connectivity index (χ0n) is 10.1. The van der Waals surface area contributed by atoms with E-state index in [2.05, 4.69) is 0 Å². The summed E-state index contributed by atoms with van der Waals surface area (Å²) in [6, 6.07) is 10.6. The second-order valence-electron chi connectivity index (χ2n) is 3.88. The van der Waals surface area contributed by atoms with Crippen LogP contribution in [0, 0.1) is 10.1 Å². The summed E-state index contributed by atoms with van der Waals surface area (Å²) in [5.74, 6) is -1.14. The zero-order valence-corrected chi connectivity index (χ0v) is 11.0. The first kappa shape index (κ1) is 13.9. The van der Waals surface area contributed by atoms with Crippen LogP contribution >= 0.6 is 11.8 Å². The topological polar surface area (TPSA) is 106 Å². The first-order chi connectivity index (χ1) is 9.49. The third-order valence-electron chi connectivity index (χ3n) is 2.55. The fraction of sp³-hybridized carbons (Fsp3) is 0. The minimum Gasteiger partial charge on any atom is -0.478 e. The fourth-order valence-electron chi connectivity index (χ4n) is 1.58. The summed E-state index contributed by atoms with van der Waals surface area (Å²) in [6.07, 6.45) is 0. The van der Waals surface area contributed by atoms with Gasteiger partial charge in [0.15, 0.2) is 0 Å². The van der Waals surface area contributed by atoms with Crippen LogP contribution in [0.15, 0.2) is 52.3 Å². The van der Waals surface area contributed by atoms with Crippen molar-refractivity contribution in [3.8, 4) is 0 Å². The highest BCUT2D eigenvalue weighted by Crippen LogP contribution is 2.35. The molecule has 20 heavy (non-hydrogen) atoms. The van der Waals surface area contributed by atoms with E-state index in [4.69, 9.17) is 10.8 Å². The van der Waals surface area contributed by atoms with Crippen LogP contribution in [-0.2, 0) is 0 Å². The number of carboxylic acid groups (broad SMARTS) is 1.